The molecule has 0 aromatic heterocycles. The summed E-state index contributed by atoms with van der Waals surface area (Å²) in [6, 6.07) is 0. The van der Waals surface area contributed by atoms with Gasteiger partial charge in [0, 0.05) is 13.2 Å². The van der Waals surface area contributed by atoms with Crippen LogP contribution in [-0.2, 0) is 14.3 Å². The van der Waals surface area contributed by atoms with E-state index < -0.39 is 18.1 Å². The van der Waals surface area contributed by atoms with Gasteiger partial charge < -0.3 is 9.47 Å². The molecule has 0 aromatic rings. The number of carbonyl (C=O) groups is 1. The molecule has 5 nitrogen and oxygen atoms in total. The second-order valence-electron chi connectivity index (χ2n) is 2.92. The number of carbonyl (C=O) groups excluding carboxylic acids is 1. The second kappa shape index (κ2) is 4.63. The van der Waals surface area contributed by atoms with Gasteiger partial charge in [-0.05, 0) is 12.8 Å². The van der Waals surface area contributed by atoms with Crippen molar-refractivity contribution in [1.82, 2.24) is 5.43 Å². The first-order chi connectivity index (χ1) is 6.56. The molecule has 1 aliphatic rings. The number of hydrazine groups is 1. The van der Waals surface area contributed by atoms with Crippen molar-refractivity contribution < 1.29 is 23.0 Å². The summed E-state index contributed by atoms with van der Waals surface area (Å²) < 4.78 is 35.0. The molecule has 1 saturated heterocycles. The molecule has 1 aliphatic heterocycles. The van der Waals surface area contributed by atoms with Crippen molar-refractivity contribution in [3.63, 3.8) is 0 Å². The lowest BCUT2D eigenvalue weighted by Gasteiger charge is -2.25. The molecule has 1 rings (SSSR count). The average Bonchev–Trinajstić information content (AvgIpc) is 2.17. The topological polar surface area (TPSA) is 73.6 Å². The summed E-state index contributed by atoms with van der Waals surface area (Å²) in [6.07, 6.45) is -3.81. The zero-order valence-electron chi connectivity index (χ0n) is 7.46. The third-order valence-electron chi connectivity index (χ3n) is 1.88. The van der Waals surface area contributed by atoms with Gasteiger partial charge in [0.1, 0.15) is 0 Å². The summed E-state index contributed by atoms with van der Waals surface area (Å²) in [5, 5.41) is 0. The van der Waals surface area contributed by atoms with Gasteiger partial charge in [-0.3, -0.25) is 10.2 Å². The van der Waals surface area contributed by atoms with Gasteiger partial charge in [0.2, 0.25) is 0 Å². The van der Waals surface area contributed by atoms with Crippen molar-refractivity contribution >= 4 is 5.91 Å². The normalized spacial score (nSPS) is 19.4. The Morgan fingerprint density at radius 1 is 1.50 bits per heavy atom. The van der Waals surface area contributed by atoms with Crippen molar-refractivity contribution in [2.75, 3.05) is 13.2 Å². The van der Waals surface area contributed by atoms with Crippen molar-refractivity contribution in [3.05, 3.63) is 0 Å². The number of nitrogens with two attached hydrogens (primary N) is 1. The van der Waals surface area contributed by atoms with E-state index in [1.807, 2.05) is 0 Å². The van der Waals surface area contributed by atoms with E-state index in [-0.39, 0.29) is 0 Å². The quantitative estimate of drug-likeness (QED) is 0.383. The number of alkyl halides is 2. The van der Waals surface area contributed by atoms with Crippen molar-refractivity contribution in [2.24, 2.45) is 5.84 Å². The minimum Gasteiger partial charge on any atom is -0.381 e. The van der Waals surface area contributed by atoms with Crippen LogP contribution >= 0.6 is 0 Å². The Kier molecular flexibility index (Phi) is 3.73. The van der Waals surface area contributed by atoms with Crippen molar-refractivity contribution in [1.29, 1.82) is 0 Å². The van der Waals surface area contributed by atoms with Gasteiger partial charge in [0.25, 0.3) is 0 Å². The van der Waals surface area contributed by atoms with Gasteiger partial charge in [0.15, 0.2) is 0 Å². The zero-order valence-corrected chi connectivity index (χ0v) is 7.46. The van der Waals surface area contributed by atoms with E-state index in [0.717, 1.165) is 0 Å². The summed E-state index contributed by atoms with van der Waals surface area (Å²) in [7, 11) is 0. The molecule has 0 spiro atoms. The minimum absolute atomic E-state index is 0.355. The molecular formula is C7H12F2N2O3. The first-order valence-electron chi connectivity index (χ1n) is 4.20. The fourth-order valence-electron chi connectivity index (χ4n) is 1.14. The maximum atomic E-state index is 12.8. The van der Waals surface area contributed by atoms with Crippen LogP contribution in [0, 0.1) is 0 Å². The average molecular weight is 210 g/mol. The van der Waals surface area contributed by atoms with Crippen LogP contribution in [0.25, 0.3) is 0 Å². The maximum Gasteiger partial charge on any atom is 0.438 e. The summed E-state index contributed by atoms with van der Waals surface area (Å²) in [5.41, 5.74) is 1.35. The Morgan fingerprint density at radius 2 is 2.07 bits per heavy atom. The molecule has 7 heteroatoms. The summed E-state index contributed by atoms with van der Waals surface area (Å²) in [6.45, 7) is 0.732. The number of hydrogen-bond acceptors (Lipinski definition) is 4. The molecule has 3 N–H and O–H groups in total. The van der Waals surface area contributed by atoms with Crippen molar-refractivity contribution in [3.8, 4) is 0 Å². The van der Waals surface area contributed by atoms with Gasteiger partial charge in [-0.1, -0.05) is 0 Å². The van der Waals surface area contributed by atoms with Gasteiger partial charge in [-0.15, -0.1) is 0 Å². The maximum absolute atomic E-state index is 12.8. The molecule has 0 atom stereocenters. The van der Waals surface area contributed by atoms with Gasteiger partial charge in [-0.2, -0.15) is 8.78 Å². The van der Waals surface area contributed by atoms with Gasteiger partial charge in [0.05, 0.1) is 6.10 Å². The van der Waals surface area contributed by atoms with Gasteiger partial charge >= 0.3 is 12.0 Å². The largest absolute Gasteiger partial charge is 0.438 e. The molecule has 1 fully saturated rings. The number of halogens is 2. The Morgan fingerprint density at radius 3 is 2.57 bits per heavy atom. The Balaban J connectivity index is 2.44. The lowest BCUT2D eigenvalue weighted by Crippen LogP contribution is -2.47. The number of ether oxygens (including phenoxy) is 2. The SMILES string of the molecule is NNC(=O)C(F)(F)OC1CCOCC1. The van der Waals surface area contributed by atoms with Crippen LogP contribution in [0.15, 0.2) is 0 Å². The lowest BCUT2D eigenvalue weighted by atomic mass is 10.1. The van der Waals surface area contributed by atoms with E-state index >= 15 is 0 Å². The predicted octanol–water partition coefficient (Wildman–Crippen LogP) is -0.235. The van der Waals surface area contributed by atoms with Crippen LogP contribution in [0.2, 0.25) is 0 Å². The predicted molar refractivity (Wildman–Crippen MR) is 42.2 cm³/mol. The van der Waals surface area contributed by atoms with Crippen LogP contribution in [0.3, 0.4) is 0 Å². The monoisotopic (exact) mass is 210 g/mol. The Labute approximate surface area is 79.5 Å². The van der Waals surface area contributed by atoms with E-state index in [0.29, 0.717) is 26.1 Å². The number of rotatable bonds is 3. The van der Waals surface area contributed by atoms with E-state index in [1.54, 1.807) is 0 Å². The first-order valence-corrected chi connectivity index (χ1v) is 4.20. The summed E-state index contributed by atoms with van der Waals surface area (Å²) in [5.74, 6) is 2.94. The standard InChI is InChI=1S/C7H12F2N2O3/c8-7(9,6(12)11-10)14-5-1-3-13-4-2-5/h5H,1-4,10H2,(H,11,12). The fourth-order valence-corrected chi connectivity index (χ4v) is 1.14. The lowest BCUT2D eigenvalue weighted by molar-refractivity contribution is -0.257. The highest BCUT2D eigenvalue weighted by atomic mass is 19.3. The molecule has 0 aliphatic carbocycles. The number of amides is 1. The molecule has 0 saturated carbocycles. The van der Waals surface area contributed by atoms with Crippen LogP contribution in [-0.4, -0.2) is 31.3 Å². The van der Waals surface area contributed by atoms with E-state index in [1.165, 1.54) is 5.43 Å². The molecule has 0 radical (unpaired) electrons. The molecule has 0 bridgehead atoms. The molecular weight excluding hydrogens is 198 g/mol. The molecule has 1 heterocycles. The van der Waals surface area contributed by atoms with Gasteiger partial charge in [-0.25, -0.2) is 5.84 Å². The minimum atomic E-state index is -3.86. The van der Waals surface area contributed by atoms with Crippen molar-refractivity contribution in [2.45, 2.75) is 25.1 Å². The molecule has 82 valence electrons. The van der Waals surface area contributed by atoms with Crippen LogP contribution in [0.5, 0.6) is 0 Å². The molecule has 1 amide bonds. The third kappa shape index (κ3) is 2.86. The molecule has 0 aromatic carbocycles. The highest BCUT2D eigenvalue weighted by Crippen LogP contribution is 2.22. The van der Waals surface area contributed by atoms with Crippen LogP contribution in [0.4, 0.5) is 8.78 Å². The highest BCUT2D eigenvalue weighted by Gasteiger charge is 2.42. The summed E-state index contributed by atoms with van der Waals surface area (Å²) >= 11 is 0. The zero-order chi connectivity index (χ0) is 10.6. The third-order valence-corrected chi connectivity index (χ3v) is 1.88. The smallest absolute Gasteiger partial charge is 0.381 e. The van der Waals surface area contributed by atoms with Crippen LogP contribution < -0.4 is 11.3 Å². The number of hydrogen-bond donors (Lipinski definition) is 2. The Hall–Kier alpha value is -0.790. The number of nitrogens with one attached hydrogen (secondary N) is 1. The summed E-state index contributed by atoms with van der Waals surface area (Å²) in [4.78, 5) is 10.6. The van der Waals surface area contributed by atoms with E-state index in [2.05, 4.69) is 10.6 Å². The highest BCUT2D eigenvalue weighted by molar-refractivity contribution is 5.81. The second-order valence-corrected chi connectivity index (χ2v) is 2.92. The molecule has 14 heavy (non-hydrogen) atoms. The molecule has 0 unspecified atom stereocenters. The fraction of sp³-hybridized carbons (Fsp3) is 0.857. The van der Waals surface area contributed by atoms with Crippen LogP contribution in [0.1, 0.15) is 12.8 Å². The van der Waals surface area contributed by atoms with E-state index in [9.17, 15) is 13.6 Å². The van der Waals surface area contributed by atoms with E-state index in [4.69, 9.17) is 4.74 Å². The Bertz CT molecular complexity index is 207. The first kappa shape index (κ1) is 11.3.